The number of aromatic nitrogens is 3. The normalized spacial score (nSPS) is 24.4. The number of aryl methyl sites for hydroxylation is 1. The lowest BCUT2D eigenvalue weighted by Crippen LogP contribution is -2.40. The van der Waals surface area contributed by atoms with Gasteiger partial charge in [-0.1, -0.05) is 36.4 Å². The van der Waals surface area contributed by atoms with E-state index in [0.29, 0.717) is 18.2 Å². The van der Waals surface area contributed by atoms with E-state index in [0.717, 1.165) is 17.0 Å². The fourth-order valence-corrected chi connectivity index (χ4v) is 4.01. The third kappa shape index (κ3) is 2.29. The van der Waals surface area contributed by atoms with Gasteiger partial charge in [0.25, 0.3) is 0 Å². The number of nitrogens with one attached hydrogen (secondary N) is 1. The minimum atomic E-state index is -0.294. The fourth-order valence-electron chi connectivity index (χ4n) is 4.01. The topological polar surface area (TPSA) is 73.0 Å². The number of hydrogen-bond donors (Lipinski definition) is 1. The number of benzene rings is 1. The van der Waals surface area contributed by atoms with Crippen LogP contribution in [-0.4, -0.2) is 20.5 Å². The second-order valence-corrected chi connectivity index (χ2v) is 6.80. The summed E-state index contributed by atoms with van der Waals surface area (Å²) in [5, 5.41) is 7.88. The Morgan fingerprint density at radius 2 is 2.04 bits per heavy atom. The highest BCUT2D eigenvalue weighted by molar-refractivity contribution is 5.88. The summed E-state index contributed by atoms with van der Waals surface area (Å²) in [5.74, 6) is 2.00. The number of nitrogens with zero attached hydrogens (tertiary/aromatic N) is 3. The van der Waals surface area contributed by atoms with Crippen LogP contribution in [0.3, 0.4) is 0 Å². The van der Waals surface area contributed by atoms with Crippen LogP contribution in [-0.2, 0) is 4.79 Å². The van der Waals surface area contributed by atoms with Crippen molar-refractivity contribution in [2.24, 2.45) is 5.92 Å². The summed E-state index contributed by atoms with van der Waals surface area (Å²) in [6.45, 7) is 1.86. The second-order valence-electron chi connectivity index (χ2n) is 6.80. The van der Waals surface area contributed by atoms with Gasteiger partial charge in [0, 0.05) is 18.0 Å². The van der Waals surface area contributed by atoms with Crippen LogP contribution in [0, 0.1) is 12.8 Å². The quantitative estimate of drug-likeness (QED) is 0.769. The van der Waals surface area contributed by atoms with Crippen molar-refractivity contribution in [2.45, 2.75) is 25.3 Å². The van der Waals surface area contributed by atoms with Crippen molar-refractivity contribution in [3.8, 4) is 0 Å². The number of carbonyl (C=O) groups excluding carboxylic acids is 1. The van der Waals surface area contributed by atoms with Crippen molar-refractivity contribution in [1.82, 2.24) is 14.8 Å². The lowest BCUT2D eigenvalue weighted by atomic mass is 9.77. The molecular weight excluding hydrogens is 328 g/mol. The van der Waals surface area contributed by atoms with Crippen LogP contribution < -0.4 is 5.32 Å². The zero-order chi connectivity index (χ0) is 17.7. The summed E-state index contributed by atoms with van der Waals surface area (Å²) < 4.78 is 7.37. The molecule has 1 N–H and O–H groups in total. The first kappa shape index (κ1) is 15.1. The summed E-state index contributed by atoms with van der Waals surface area (Å²) in [6, 6.07) is 13.6. The Hall–Kier alpha value is -3.15. The van der Waals surface area contributed by atoms with Gasteiger partial charge in [0.05, 0.1) is 18.2 Å². The van der Waals surface area contributed by atoms with Gasteiger partial charge >= 0.3 is 0 Å². The molecule has 3 aromatic rings. The maximum Gasteiger partial charge on any atom is 0.226 e. The first-order valence-electron chi connectivity index (χ1n) is 8.73. The maximum absolute atomic E-state index is 13.2. The van der Waals surface area contributed by atoms with E-state index >= 15 is 0 Å². The van der Waals surface area contributed by atoms with Crippen LogP contribution in [0.5, 0.6) is 0 Å². The number of furan rings is 1. The molecule has 0 saturated carbocycles. The van der Waals surface area contributed by atoms with E-state index in [1.54, 1.807) is 6.26 Å². The monoisotopic (exact) mass is 346 g/mol. The predicted octanol–water partition coefficient (Wildman–Crippen LogP) is 3.45. The molecule has 1 aliphatic heterocycles. The molecule has 2 aromatic heterocycles. The number of anilines is 1. The van der Waals surface area contributed by atoms with Crippen LogP contribution in [0.2, 0.25) is 0 Å². The van der Waals surface area contributed by atoms with Crippen LogP contribution >= 0.6 is 0 Å². The molecule has 0 radical (unpaired) electrons. The van der Waals surface area contributed by atoms with Gasteiger partial charge in [0.1, 0.15) is 17.4 Å². The molecule has 0 fully saturated rings. The van der Waals surface area contributed by atoms with Crippen LogP contribution in [0.25, 0.3) is 0 Å². The molecule has 130 valence electrons. The standard InChI is InChI=1S/C20H18N4O2/c1-12-21-20-22-15-10-14(17-8-5-9-26-17)11-16(25)18(15)19(24(20)23-12)13-6-3-2-4-7-13/h2-10,14,18-19H,11H2,1H3,(H,21,22,23)/t14-,18+,19+/m0/s1. The van der Waals surface area contributed by atoms with Crippen LogP contribution in [0.4, 0.5) is 5.95 Å². The number of rotatable bonds is 2. The second kappa shape index (κ2) is 5.69. The maximum atomic E-state index is 13.2. The minimum absolute atomic E-state index is 0.0526. The number of fused-ring (bicyclic) bond motifs is 2. The molecule has 0 spiro atoms. The highest BCUT2D eigenvalue weighted by Crippen LogP contribution is 2.44. The molecule has 0 bridgehead atoms. The van der Waals surface area contributed by atoms with Gasteiger partial charge < -0.3 is 9.73 Å². The molecule has 6 heteroatoms. The molecule has 5 rings (SSSR count). The Morgan fingerprint density at radius 3 is 2.81 bits per heavy atom. The smallest absolute Gasteiger partial charge is 0.226 e. The lowest BCUT2D eigenvalue weighted by Gasteiger charge is -2.37. The SMILES string of the molecule is Cc1nc2n(n1)[C@H](c1ccccc1)[C@H]1C(=O)C[C@@H](c3ccco3)C=C1N2. The summed E-state index contributed by atoms with van der Waals surface area (Å²) in [4.78, 5) is 17.6. The third-order valence-electron chi connectivity index (χ3n) is 5.11. The van der Waals surface area contributed by atoms with E-state index in [1.165, 1.54) is 0 Å². The van der Waals surface area contributed by atoms with Gasteiger partial charge in [0.2, 0.25) is 5.95 Å². The molecule has 1 aromatic carbocycles. The summed E-state index contributed by atoms with van der Waals surface area (Å²) in [6.07, 6.45) is 4.18. The predicted molar refractivity (Wildman–Crippen MR) is 95.6 cm³/mol. The van der Waals surface area contributed by atoms with Crippen molar-refractivity contribution in [2.75, 3.05) is 5.32 Å². The number of allylic oxidation sites excluding steroid dienone is 2. The van der Waals surface area contributed by atoms with Gasteiger partial charge in [-0.3, -0.25) is 4.79 Å². The Bertz CT molecular complexity index is 988. The number of Topliss-reactive ketones (excluding diaryl/α,β-unsaturated/α-hetero) is 1. The number of carbonyl (C=O) groups is 1. The molecule has 0 amide bonds. The third-order valence-corrected chi connectivity index (χ3v) is 5.11. The molecule has 3 heterocycles. The van der Waals surface area contributed by atoms with E-state index in [-0.39, 0.29) is 23.7 Å². The Kier molecular flexibility index (Phi) is 3.31. The molecule has 0 saturated heterocycles. The lowest BCUT2D eigenvalue weighted by molar-refractivity contribution is -0.123. The van der Waals surface area contributed by atoms with E-state index in [1.807, 2.05) is 54.1 Å². The Morgan fingerprint density at radius 1 is 1.19 bits per heavy atom. The van der Waals surface area contributed by atoms with Gasteiger partial charge in [0.15, 0.2) is 0 Å². The first-order chi connectivity index (χ1) is 12.7. The van der Waals surface area contributed by atoms with Gasteiger partial charge in [-0.2, -0.15) is 10.1 Å². The zero-order valence-electron chi connectivity index (χ0n) is 14.3. The van der Waals surface area contributed by atoms with Crippen molar-refractivity contribution >= 4 is 11.7 Å². The molecular formula is C20H18N4O2. The first-order valence-corrected chi connectivity index (χ1v) is 8.73. The molecule has 2 aliphatic rings. The molecule has 3 atom stereocenters. The van der Waals surface area contributed by atoms with Crippen LogP contribution in [0.1, 0.15) is 35.5 Å². The van der Waals surface area contributed by atoms with E-state index < -0.39 is 0 Å². The summed E-state index contributed by atoms with van der Waals surface area (Å²) in [5.41, 5.74) is 1.94. The number of hydrogen-bond acceptors (Lipinski definition) is 5. The average molecular weight is 346 g/mol. The van der Waals surface area contributed by atoms with E-state index in [2.05, 4.69) is 21.5 Å². The summed E-state index contributed by atoms with van der Waals surface area (Å²) >= 11 is 0. The molecule has 1 aliphatic carbocycles. The minimum Gasteiger partial charge on any atom is -0.469 e. The molecule has 6 nitrogen and oxygen atoms in total. The van der Waals surface area contributed by atoms with Gasteiger partial charge in [-0.15, -0.1) is 0 Å². The highest BCUT2D eigenvalue weighted by Gasteiger charge is 2.43. The molecule has 0 unspecified atom stereocenters. The number of ketones is 1. The van der Waals surface area contributed by atoms with Crippen LogP contribution in [0.15, 0.2) is 64.9 Å². The van der Waals surface area contributed by atoms with Crippen molar-refractivity contribution < 1.29 is 9.21 Å². The summed E-state index contributed by atoms with van der Waals surface area (Å²) in [7, 11) is 0. The van der Waals surface area contributed by atoms with Crippen molar-refractivity contribution in [3.63, 3.8) is 0 Å². The van der Waals surface area contributed by atoms with Gasteiger partial charge in [-0.05, 0) is 24.6 Å². The van der Waals surface area contributed by atoms with Crippen molar-refractivity contribution in [1.29, 1.82) is 0 Å². The Balaban J connectivity index is 1.66. The Labute approximate surface area is 150 Å². The molecule has 26 heavy (non-hydrogen) atoms. The van der Waals surface area contributed by atoms with E-state index in [9.17, 15) is 4.79 Å². The largest absolute Gasteiger partial charge is 0.469 e. The van der Waals surface area contributed by atoms with Crippen molar-refractivity contribution in [3.05, 3.63) is 77.6 Å². The van der Waals surface area contributed by atoms with E-state index in [4.69, 9.17) is 4.42 Å². The fraction of sp³-hybridized carbons (Fsp3) is 0.250. The zero-order valence-corrected chi connectivity index (χ0v) is 14.3. The van der Waals surface area contributed by atoms with Gasteiger partial charge in [-0.25, -0.2) is 4.68 Å². The average Bonchev–Trinajstić information content (AvgIpc) is 3.29. The highest BCUT2D eigenvalue weighted by atomic mass is 16.3.